The van der Waals surface area contributed by atoms with E-state index < -0.39 is 35.9 Å². The van der Waals surface area contributed by atoms with Crippen LogP contribution in [0.25, 0.3) is 17.0 Å². The fourth-order valence-corrected chi connectivity index (χ4v) is 3.70. The zero-order valence-electron chi connectivity index (χ0n) is 19.1. The standard InChI is InChI=1S/C24H21ClF4N6O/c1-23(2,30)14-9-18(13-4-5-17(26)16(25)8-13)33-19(10-14)15(24(27,28)29)11-32-21(36)20-12-35-7-3-6-31-22(35)34-20/h3-10,12,15H,11,30H2,1-2H3,(H,32,36). The molecule has 7 nitrogen and oxygen atoms in total. The van der Waals surface area contributed by atoms with Crippen LogP contribution in [0.2, 0.25) is 5.02 Å². The summed E-state index contributed by atoms with van der Waals surface area (Å²) >= 11 is 5.87. The van der Waals surface area contributed by atoms with E-state index in [0.717, 1.165) is 6.07 Å². The first kappa shape index (κ1) is 25.5. The van der Waals surface area contributed by atoms with Gasteiger partial charge in [-0.05, 0) is 55.8 Å². The Balaban J connectivity index is 1.70. The van der Waals surface area contributed by atoms with E-state index in [9.17, 15) is 22.4 Å². The molecule has 3 heterocycles. The lowest BCUT2D eigenvalue weighted by atomic mass is 9.91. The maximum absolute atomic E-state index is 14.2. The Kier molecular flexibility index (Phi) is 6.72. The normalized spacial score (nSPS) is 13.1. The second-order valence-electron chi connectivity index (χ2n) is 8.77. The van der Waals surface area contributed by atoms with Gasteiger partial charge in [0.25, 0.3) is 5.91 Å². The fraction of sp³-hybridized carbons (Fsp3) is 0.250. The van der Waals surface area contributed by atoms with Crippen molar-refractivity contribution in [3.8, 4) is 11.3 Å². The zero-order valence-corrected chi connectivity index (χ0v) is 19.9. The van der Waals surface area contributed by atoms with Crippen molar-refractivity contribution < 1.29 is 22.4 Å². The van der Waals surface area contributed by atoms with Gasteiger partial charge >= 0.3 is 6.18 Å². The second-order valence-corrected chi connectivity index (χ2v) is 9.18. The SMILES string of the molecule is CC(C)(N)c1cc(-c2ccc(F)c(Cl)c2)nc(C(CNC(=O)c2cn3cccnc3n2)C(F)(F)F)c1. The summed E-state index contributed by atoms with van der Waals surface area (Å²) in [6.45, 7) is 2.47. The molecule has 0 bridgehead atoms. The summed E-state index contributed by atoms with van der Waals surface area (Å²) in [6, 6.07) is 8.15. The highest BCUT2D eigenvalue weighted by Gasteiger charge is 2.42. The number of hydrogen-bond acceptors (Lipinski definition) is 5. The minimum atomic E-state index is -4.75. The molecule has 36 heavy (non-hydrogen) atoms. The molecular formula is C24H21ClF4N6O. The molecular weight excluding hydrogens is 500 g/mol. The van der Waals surface area contributed by atoms with Gasteiger partial charge in [-0.25, -0.2) is 14.4 Å². The predicted octanol–water partition coefficient (Wildman–Crippen LogP) is 4.85. The summed E-state index contributed by atoms with van der Waals surface area (Å²) in [5.74, 6) is -3.39. The van der Waals surface area contributed by atoms with E-state index in [2.05, 4.69) is 20.3 Å². The lowest BCUT2D eigenvalue weighted by molar-refractivity contribution is -0.149. The van der Waals surface area contributed by atoms with Crippen molar-refractivity contribution in [2.45, 2.75) is 31.5 Å². The fourth-order valence-electron chi connectivity index (χ4n) is 3.52. The van der Waals surface area contributed by atoms with E-state index in [1.165, 1.54) is 41.1 Å². The number of carbonyl (C=O) groups is 1. The molecule has 4 aromatic rings. The van der Waals surface area contributed by atoms with E-state index in [-0.39, 0.29) is 27.9 Å². The summed E-state index contributed by atoms with van der Waals surface area (Å²) < 4.78 is 57.7. The summed E-state index contributed by atoms with van der Waals surface area (Å²) in [7, 11) is 0. The molecule has 0 aliphatic carbocycles. The van der Waals surface area contributed by atoms with Crippen LogP contribution in [0, 0.1) is 5.82 Å². The highest BCUT2D eigenvalue weighted by molar-refractivity contribution is 6.31. The quantitative estimate of drug-likeness (QED) is 0.354. The van der Waals surface area contributed by atoms with Crippen LogP contribution in [0.1, 0.15) is 41.5 Å². The van der Waals surface area contributed by atoms with Gasteiger partial charge in [-0.3, -0.25) is 14.2 Å². The lowest BCUT2D eigenvalue weighted by Gasteiger charge is -2.25. The van der Waals surface area contributed by atoms with Gasteiger partial charge in [0.2, 0.25) is 5.78 Å². The number of alkyl halides is 3. The van der Waals surface area contributed by atoms with Crippen LogP contribution in [0.5, 0.6) is 0 Å². The van der Waals surface area contributed by atoms with Crippen LogP contribution >= 0.6 is 11.6 Å². The summed E-state index contributed by atoms with van der Waals surface area (Å²) in [4.78, 5) is 24.8. The van der Waals surface area contributed by atoms with Crippen LogP contribution in [0.15, 0.2) is 55.0 Å². The maximum atomic E-state index is 14.2. The number of amides is 1. The summed E-state index contributed by atoms with van der Waals surface area (Å²) in [5, 5.41) is 2.10. The lowest BCUT2D eigenvalue weighted by Crippen LogP contribution is -2.36. The van der Waals surface area contributed by atoms with Crippen LogP contribution in [0.4, 0.5) is 17.6 Å². The number of hydrogen-bond donors (Lipinski definition) is 2. The first-order chi connectivity index (χ1) is 16.8. The van der Waals surface area contributed by atoms with Gasteiger partial charge in [-0.1, -0.05) is 11.6 Å². The Morgan fingerprint density at radius 3 is 2.58 bits per heavy atom. The van der Waals surface area contributed by atoms with Crippen LogP contribution in [-0.4, -0.2) is 38.0 Å². The number of pyridine rings is 1. The number of fused-ring (bicyclic) bond motifs is 1. The smallest absolute Gasteiger partial charge is 0.350 e. The average molecular weight is 521 g/mol. The molecule has 0 aliphatic rings. The highest BCUT2D eigenvalue weighted by Crippen LogP contribution is 2.36. The number of halogens is 5. The molecule has 0 fully saturated rings. The van der Waals surface area contributed by atoms with Gasteiger partial charge in [-0.2, -0.15) is 13.2 Å². The van der Waals surface area contributed by atoms with Crippen molar-refractivity contribution in [1.29, 1.82) is 0 Å². The van der Waals surface area contributed by atoms with Gasteiger partial charge in [0.15, 0.2) is 0 Å². The number of nitrogens with two attached hydrogens (primary N) is 1. The van der Waals surface area contributed by atoms with E-state index in [1.54, 1.807) is 26.1 Å². The van der Waals surface area contributed by atoms with Crippen molar-refractivity contribution in [1.82, 2.24) is 24.7 Å². The van der Waals surface area contributed by atoms with Crippen molar-refractivity contribution in [3.05, 3.63) is 82.8 Å². The number of imidazole rings is 1. The largest absolute Gasteiger partial charge is 0.398 e. The van der Waals surface area contributed by atoms with Gasteiger partial charge in [0.1, 0.15) is 17.4 Å². The first-order valence-corrected chi connectivity index (χ1v) is 11.1. The van der Waals surface area contributed by atoms with Gasteiger partial charge in [0.05, 0.1) is 16.4 Å². The molecule has 12 heteroatoms. The first-order valence-electron chi connectivity index (χ1n) is 10.7. The van der Waals surface area contributed by atoms with Crippen LogP contribution in [0.3, 0.4) is 0 Å². The third-order valence-electron chi connectivity index (χ3n) is 5.49. The van der Waals surface area contributed by atoms with Crippen molar-refractivity contribution in [2.24, 2.45) is 5.73 Å². The topological polar surface area (TPSA) is 98.2 Å². The van der Waals surface area contributed by atoms with Gasteiger partial charge < -0.3 is 11.1 Å². The van der Waals surface area contributed by atoms with E-state index in [0.29, 0.717) is 11.1 Å². The Bertz CT molecular complexity index is 1400. The molecule has 0 radical (unpaired) electrons. The number of nitrogens with one attached hydrogen (secondary N) is 1. The molecule has 1 unspecified atom stereocenters. The number of aromatic nitrogens is 4. The number of rotatable bonds is 6. The molecule has 1 aromatic carbocycles. The van der Waals surface area contributed by atoms with Gasteiger partial charge in [-0.15, -0.1) is 0 Å². The Hall–Kier alpha value is -3.57. The van der Waals surface area contributed by atoms with Crippen molar-refractivity contribution in [3.63, 3.8) is 0 Å². The maximum Gasteiger partial charge on any atom is 0.398 e. The molecule has 3 aromatic heterocycles. The third-order valence-corrected chi connectivity index (χ3v) is 5.78. The van der Waals surface area contributed by atoms with Crippen LogP contribution in [-0.2, 0) is 5.54 Å². The summed E-state index contributed by atoms with van der Waals surface area (Å²) in [5.41, 5.74) is 5.56. The predicted molar refractivity (Wildman–Crippen MR) is 126 cm³/mol. The number of carbonyl (C=O) groups excluding carboxylic acids is 1. The molecule has 0 saturated carbocycles. The zero-order chi connectivity index (χ0) is 26.3. The van der Waals surface area contributed by atoms with E-state index >= 15 is 0 Å². The summed E-state index contributed by atoms with van der Waals surface area (Å²) in [6.07, 6.45) is -0.298. The molecule has 4 rings (SSSR count). The number of nitrogens with zero attached hydrogens (tertiary/aromatic N) is 4. The molecule has 3 N–H and O–H groups in total. The molecule has 0 aliphatic heterocycles. The Morgan fingerprint density at radius 1 is 1.19 bits per heavy atom. The molecule has 188 valence electrons. The number of benzene rings is 1. The minimum absolute atomic E-state index is 0.0823. The molecule has 0 spiro atoms. The third kappa shape index (κ3) is 5.47. The monoisotopic (exact) mass is 520 g/mol. The van der Waals surface area contributed by atoms with Crippen molar-refractivity contribution in [2.75, 3.05) is 6.54 Å². The van der Waals surface area contributed by atoms with Crippen molar-refractivity contribution >= 4 is 23.3 Å². The Morgan fingerprint density at radius 2 is 1.94 bits per heavy atom. The average Bonchev–Trinajstić information content (AvgIpc) is 3.24. The molecule has 1 atom stereocenters. The van der Waals surface area contributed by atoms with E-state index in [1.807, 2.05) is 0 Å². The van der Waals surface area contributed by atoms with Gasteiger partial charge in [0, 0.05) is 36.2 Å². The minimum Gasteiger partial charge on any atom is -0.350 e. The van der Waals surface area contributed by atoms with Crippen LogP contribution < -0.4 is 11.1 Å². The highest BCUT2D eigenvalue weighted by atomic mass is 35.5. The Labute approximate surface area is 208 Å². The second kappa shape index (κ2) is 9.47. The molecule has 0 saturated heterocycles. The molecule has 1 amide bonds. The van der Waals surface area contributed by atoms with E-state index in [4.69, 9.17) is 17.3 Å².